The lowest BCUT2D eigenvalue weighted by Crippen LogP contribution is -2.19. The van der Waals surface area contributed by atoms with Crippen molar-refractivity contribution in [3.05, 3.63) is 64.7 Å². The van der Waals surface area contributed by atoms with Crippen LogP contribution in [-0.2, 0) is 10.3 Å². The highest BCUT2D eigenvalue weighted by atomic mass is 32.2. The molecular formula is C12H10N2O5S. The van der Waals surface area contributed by atoms with Crippen molar-refractivity contribution in [3.63, 3.8) is 0 Å². The number of nitrogens with one attached hydrogen (secondary N) is 1. The van der Waals surface area contributed by atoms with Gasteiger partial charge < -0.3 is 4.18 Å². The van der Waals surface area contributed by atoms with Crippen molar-refractivity contribution < 1.29 is 17.5 Å². The van der Waals surface area contributed by atoms with Crippen molar-refractivity contribution in [2.75, 3.05) is 4.72 Å². The van der Waals surface area contributed by atoms with Crippen LogP contribution in [0, 0.1) is 10.1 Å². The van der Waals surface area contributed by atoms with Crippen LogP contribution in [0.5, 0.6) is 5.75 Å². The number of nitrogens with zero attached hydrogens (tertiary/aromatic N) is 1. The quantitative estimate of drug-likeness (QED) is 0.674. The van der Waals surface area contributed by atoms with Gasteiger partial charge in [-0.05, 0) is 24.3 Å². The lowest BCUT2D eigenvalue weighted by molar-refractivity contribution is -0.384. The third kappa shape index (κ3) is 3.69. The van der Waals surface area contributed by atoms with Crippen molar-refractivity contribution in [1.29, 1.82) is 0 Å². The molecule has 0 saturated heterocycles. The predicted molar refractivity (Wildman–Crippen MR) is 72.7 cm³/mol. The Bertz CT molecular complexity index is 698. The van der Waals surface area contributed by atoms with Crippen molar-refractivity contribution in [2.45, 2.75) is 0 Å². The number of hydrogen-bond donors (Lipinski definition) is 1. The number of nitro benzene ring substituents is 1. The molecule has 104 valence electrons. The third-order valence-corrected chi connectivity index (χ3v) is 3.17. The summed E-state index contributed by atoms with van der Waals surface area (Å²) in [6, 6.07) is 13.0. The van der Waals surface area contributed by atoms with Crippen LogP contribution in [-0.4, -0.2) is 13.3 Å². The maximum absolute atomic E-state index is 11.7. The van der Waals surface area contributed by atoms with Crippen LogP contribution >= 0.6 is 0 Å². The fourth-order valence-corrected chi connectivity index (χ4v) is 2.25. The van der Waals surface area contributed by atoms with E-state index in [9.17, 15) is 18.5 Å². The zero-order valence-electron chi connectivity index (χ0n) is 10.1. The fraction of sp³-hybridized carbons (Fsp3) is 0. The zero-order chi connectivity index (χ0) is 14.6. The molecule has 2 aromatic rings. The minimum atomic E-state index is -4.04. The van der Waals surface area contributed by atoms with Crippen molar-refractivity contribution in [1.82, 2.24) is 0 Å². The summed E-state index contributed by atoms with van der Waals surface area (Å²) in [7, 11) is -4.04. The van der Waals surface area contributed by atoms with Gasteiger partial charge in [-0.25, -0.2) is 0 Å². The lowest BCUT2D eigenvalue weighted by Gasteiger charge is -2.08. The zero-order valence-corrected chi connectivity index (χ0v) is 10.9. The van der Waals surface area contributed by atoms with E-state index in [4.69, 9.17) is 4.18 Å². The summed E-state index contributed by atoms with van der Waals surface area (Å²) >= 11 is 0. The Kier molecular flexibility index (Phi) is 3.85. The first-order chi connectivity index (χ1) is 9.46. The summed E-state index contributed by atoms with van der Waals surface area (Å²) in [6.45, 7) is 0. The molecule has 0 bridgehead atoms. The van der Waals surface area contributed by atoms with Crippen LogP contribution in [0.4, 0.5) is 11.4 Å². The number of benzene rings is 2. The van der Waals surface area contributed by atoms with E-state index in [0.717, 1.165) is 12.1 Å². The highest BCUT2D eigenvalue weighted by molar-refractivity contribution is 7.88. The molecule has 20 heavy (non-hydrogen) atoms. The van der Waals surface area contributed by atoms with E-state index in [0.29, 0.717) is 5.69 Å². The van der Waals surface area contributed by atoms with Crippen LogP contribution in [0.1, 0.15) is 0 Å². The van der Waals surface area contributed by atoms with Gasteiger partial charge in [0.2, 0.25) is 0 Å². The molecule has 1 N–H and O–H groups in total. The molecule has 0 fully saturated rings. The first-order valence-electron chi connectivity index (χ1n) is 5.48. The Morgan fingerprint density at radius 3 is 2.15 bits per heavy atom. The van der Waals surface area contributed by atoms with Gasteiger partial charge >= 0.3 is 10.3 Å². The Hall–Kier alpha value is -2.61. The van der Waals surface area contributed by atoms with Gasteiger partial charge in [-0.3, -0.25) is 14.8 Å². The van der Waals surface area contributed by atoms with E-state index in [1.807, 2.05) is 0 Å². The minimum absolute atomic E-state index is 0.0148. The second kappa shape index (κ2) is 5.57. The van der Waals surface area contributed by atoms with Crippen LogP contribution < -0.4 is 8.91 Å². The van der Waals surface area contributed by atoms with E-state index in [-0.39, 0.29) is 11.4 Å². The Morgan fingerprint density at radius 1 is 1.00 bits per heavy atom. The van der Waals surface area contributed by atoms with E-state index in [1.165, 1.54) is 12.1 Å². The molecular weight excluding hydrogens is 284 g/mol. The SMILES string of the molecule is O=[N+]([O-])c1ccc(OS(=O)(=O)Nc2ccccc2)cc1. The topological polar surface area (TPSA) is 98.5 Å². The van der Waals surface area contributed by atoms with Crippen LogP contribution in [0.25, 0.3) is 0 Å². The second-order valence-corrected chi connectivity index (χ2v) is 5.04. The monoisotopic (exact) mass is 294 g/mol. The highest BCUT2D eigenvalue weighted by Gasteiger charge is 2.13. The summed E-state index contributed by atoms with van der Waals surface area (Å²) in [6.07, 6.45) is 0. The molecule has 7 nitrogen and oxygen atoms in total. The van der Waals surface area contributed by atoms with Gasteiger partial charge in [0, 0.05) is 12.1 Å². The molecule has 2 aromatic carbocycles. The van der Waals surface area contributed by atoms with Crippen molar-refractivity contribution in [3.8, 4) is 5.75 Å². The average molecular weight is 294 g/mol. The van der Waals surface area contributed by atoms with Crippen LogP contribution in [0.15, 0.2) is 54.6 Å². The largest absolute Gasteiger partial charge is 0.407 e. The molecule has 0 aliphatic carbocycles. The molecule has 0 aliphatic rings. The summed E-state index contributed by atoms with van der Waals surface area (Å²) in [5, 5.41) is 10.5. The van der Waals surface area contributed by atoms with Crippen LogP contribution in [0.2, 0.25) is 0 Å². The van der Waals surface area contributed by atoms with Gasteiger partial charge in [0.1, 0.15) is 5.75 Å². The minimum Gasteiger partial charge on any atom is -0.367 e. The molecule has 0 atom stereocenters. The van der Waals surface area contributed by atoms with Gasteiger partial charge in [0.25, 0.3) is 5.69 Å². The number of anilines is 1. The van der Waals surface area contributed by atoms with E-state index in [2.05, 4.69) is 4.72 Å². The van der Waals surface area contributed by atoms with Crippen molar-refractivity contribution >= 4 is 21.7 Å². The lowest BCUT2D eigenvalue weighted by atomic mass is 10.3. The van der Waals surface area contributed by atoms with E-state index in [1.54, 1.807) is 30.3 Å². The molecule has 0 unspecified atom stereocenters. The van der Waals surface area contributed by atoms with Gasteiger partial charge in [0.05, 0.1) is 10.6 Å². The second-order valence-electron chi connectivity index (χ2n) is 3.76. The first-order valence-corrected chi connectivity index (χ1v) is 6.89. The Labute approximate surface area is 115 Å². The van der Waals surface area contributed by atoms with Crippen LogP contribution in [0.3, 0.4) is 0 Å². The highest BCUT2D eigenvalue weighted by Crippen LogP contribution is 2.19. The predicted octanol–water partition coefficient (Wildman–Crippen LogP) is 2.33. The molecule has 0 heterocycles. The molecule has 0 aromatic heterocycles. The van der Waals surface area contributed by atoms with Gasteiger partial charge in [-0.15, -0.1) is 0 Å². The Morgan fingerprint density at radius 2 is 1.60 bits per heavy atom. The summed E-state index contributed by atoms with van der Waals surface area (Å²) in [5.41, 5.74) is 0.208. The molecule has 8 heteroatoms. The maximum atomic E-state index is 11.7. The fourth-order valence-electron chi connectivity index (χ4n) is 1.42. The third-order valence-electron chi connectivity index (χ3n) is 2.27. The Balaban J connectivity index is 2.10. The standard InChI is InChI=1S/C12H10N2O5S/c15-14(16)11-6-8-12(9-7-11)19-20(17,18)13-10-4-2-1-3-5-10/h1-9,13H. The smallest absolute Gasteiger partial charge is 0.367 e. The molecule has 0 amide bonds. The number of nitro groups is 1. The summed E-state index contributed by atoms with van der Waals surface area (Å²) < 4.78 is 30.4. The molecule has 0 saturated carbocycles. The van der Waals surface area contributed by atoms with Crippen molar-refractivity contribution in [2.24, 2.45) is 0 Å². The number of rotatable bonds is 5. The number of non-ortho nitro benzene ring substituents is 1. The number of para-hydroxylation sites is 1. The maximum Gasteiger partial charge on any atom is 0.407 e. The molecule has 0 aliphatic heterocycles. The van der Waals surface area contributed by atoms with Gasteiger partial charge in [-0.1, -0.05) is 18.2 Å². The average Bonchev–Trinajstić information content (AvgIpc) is 2.39. The van der Waals surface area contributed by atoms with Gasteiger partial charge in [0.15, 0.2) is 0 Å². The summed E-state index contributed by atoms with van der Waals surface area (Å²) in [4.78, 5) is 9.89. The van der Waals surface area contributed by atoms with E-state index >= 15 is 0 Å². The molecule has 2 rings (SSSR count). The molecule has 0 spiro atoms. The van der Waals surface area contributed by atoms with E-state index < -0.39 is 15.2 Å². The number of hydrogen-bond acceptors (Lipinski definition) is 5. The summed E-state index contributed by atoms with van der Waals surface area (Å²) in [5.74, 6) is -0.0148. The van der Waals surface area contributed by atoms with Gasteiger partial charge in [-0.2, -0.15) is 8.42 Å². The normalized spacial score (nSPS) is 10.8. The first kappa shape index (κ1) is 13.8. The molecule has 0 radical (unpaired) electrons.